The van der Waals surface area contributed by atoms with Crippen LogP contribution in [-0.2, 0) is 19.4 Å². The van der Waals surface area contributed by atoms with Crippen molar-refractivity contribution in [2.24, 2.45) is 0 Å². The summed E-state index contributed by atoms with van der Waals surface area (Å²) in [5.41, 5.74) is 6.09. The Morgan fingerprint density at radius 2 is 2.11 bits per heavy atom. The van der Waals surface area contributed by atoms with E-state index >= 15 is 0 Å². The molecule has 0 aromatic heterocycles. The second-order valence-electron chi connectivity index (χ2n) is 4.07. The molecular formula is C12H17NO5S. The molecule has 0 amide bonds. The molecular weight excluding hydrogens is 270 g/mol. The van der Waals surface area contributed by atoms with Gasteiger partial charge in [-0.25, -0.2) is 13.2 Å². The van der Waals surface area contributed by atoms with Gasteiger partial charge in [0, 0.05) is 18.0 Å². The summed E-state index contributed by atoms with van der Waals surface area (Å²) in [7, 11) is -3.02. The summed E-state index contributed by atoms with van der Waals surface area (Å²) >= 11 is 0. The Balaban J connectivity index is 2.21. The third-order valence-electron chi connectivity index (χ3n) is 2.14. The van der Waals surface area contributed by atoms with Gasteiger partial charge in [0.05, 0.1) is 12.4 Å². The number of ether oxygens (including phenoxy) is 2. The van der Waals surface area contributed by atoms with Gasteiger partial charge in [-0.2, -0.15) is 0 Å². The maximum atomic E-state index is 11.3. The van der Waals surface area contributed by atoms with Gasteiger partial charge in [0.25, 0.3) is 0 Å². The SMILES string of the molecule is CS(=O)(=O)CCCOC(=O)COc1cccc(N)c1. The van der Waals surface area contributed by atoms with Crippen LogP contribution in [0.4, 0.5) is 5.69 Å². The molecule has 1 aromatic rings. The molecule has 106 valence electrons. The van der Waals surface area contributed by atoms with E-state index in [-0.39, 0.29) is 25.4 Å². The summed E-state index contributed by atoms with van der Waals surface area (Å²) in [6.07, 6.45) is 1.42. The molecule has 0 radical (unpaired) electrons. The molecule has 1 rings (SSSR count). The Bertz CT molecular complexity index is 527. The second kappa shape index (κ2) is 6.98. The fourth-order valence-corrected chi connectivity index (χ4v) is 1.94. The molecule has 0 aliphatic carbocycles. The van der Waals surface area contributed by atoms with Gasteiger partial charge in [0.1, 0.15) is 15.6 Å². The van der Waals surface area contributed by atoms with E-state index in [1.54, 1.807) is 24.3 Å². The van der Waals surface area contributed by atoms with Gasteiger partial charge >= 0.3 is 5.97 Å². The van der Waals surface area contributed by atoms with E-state index in [1.165, 1.54) is 0 Å². The first-order valence-corrected chi connectivity index (χ1v) is 7.74. The lowest BCUT2D eigenvalue weighted by Gasteiger charge is -2.07. The molecule has 0 heterocycles. The van der Waals surface area contributed by atoms with Gasteiger partial charge in [0.2, 0.25) is 0 Å². The zero-order chi connectivity index (χ0) is 14.3. The van der Waals surface area contributed by atoms with E-state index in [4.69, 9.17) is 15.2 Å². The zero-order valence-electron chi connectivity index (χ0n) is 10.7. The van der Waals surface area contributed by atoms with Gasteiger partial charge < -0.3 is 15.2 Å². The second-order valence-corrected chi connectivity index (χ2v) is 6.32. The van der Waals surface area contributed by atoms with Crippen LogP contribution in [-0.4, -0.2) is 39.6 Å². The molecule has 1 aromatic carbocycles. The van der Waals surface area contributed by atoms with Crippen LogP contribution in [0.15, 0.2) is 24.3 Å². The number of esters is 1. The lowest BCUT2D eigenvalue weighted by Crippen LogP contribution is -2.17. The minimum absolute atomic E-state index is 0.00362. The highest BCUT2D eigenvalue weighted by atomic mass is 32.2. The molecule has 0 saturated carbocycles. The summed E-state index contributed by atoms with van der Waals surface area (Å²) < 4.78 is 31.7. The number of nitrogens with two attached hydrogens (primary N) is 1. The summed E-state index contributed by atoms with van der Waals surface area (Å²) in [6, 6.07) is 6.68. The molecule has 0 aliphatic heterocycles. The average molecular weight is 287 g/mol. The molecule has 0 unspecified atom stereocenters. The molecule has 0 bridgehead atoms. The number of hydrogen-bond acceptors (Lipinski definition) is 6. The monoisotopic (exact) mass is 287 g/mol. The third kappa shape index (κ3) is 7.30. The van der Waals surface area contributed by atoms with Crippen LogP contribution in [0.25, 0.3) is 0 Å². The van der Waals surface area contributed by atoms with Crippen molar-refractivity contribution in [2.75, 3.05) is 31.0 Å². The molecule has 0 atom stereocenters. The van der Waals surface area contributed by atoms with Crippen LogP contribution in [0.2, 0.25) is 0 Å². The van der Waals surface area contributed by atoms with Gasteiger partial charge in [-0.15, -0.1) is 0 Å². The molecule has 0 saturated heterocycles. The highest BCUT2D eigenvalue weighted by Crippen LogP contribution is 2.14. The first-order chi connectivity index (χ1) is 8.87. The summed E-state index contributed by atoms with van der Waals surface area (Å²) in [4.78, 5) is 11.3. The summed E-state index contributed by atoms with van der Waals surface area (Å²) in [5, 5.41) is 0. The van der Waals surface area contributed by atoms with Gasteiger partial charge in [-0.05, 0) is 18.6 Å². The van der Waals surface area contributed by atoms with Crippen LogP contribution in [0.3, 0.4) is 0 Å². The fraction of sp³-hybridized carbons (Fsp3) is 0.417. The molecule has 0 spiro atoms. The van der Waals surface area contributed by atoms with Crippen molar-refractivity contribution in [3.8, 4) is 5.75 Å². The topological polar surface area (TPSA) is 95.7 Å². The van der Waals surface area contributed by atoms with E-state index < -0.39 is 15.8 Å². The normalized spacial score (nSPS) is 11.0. The number of carbonyl (C=O) groups is 1. The van der Waals surface area contributed by atoms with Crippen LogP contribution < -0.4 is 10.5 Å². The van der Waals surface area contributed by atoms with E-state index in [1.807, 2.05) is 0 Å². The Labute approximate surface area is 112 Å². The van der Waals surface area contributed by atoms with Crippen LogP contribution in [0, 0.1) is 0 Å². The van der Waals surface area contributed by atoms with Crippen molar-refractivity contribution < 1.29 is 22.7 Å². The number of anilines is 1. The van der Waals surface area contributed by atoms with Crippen molar-refractivity contribution in [1.29, 1.82) is 0 Å². The highest BCUT2D eigenvalue weighted by Gasteiger charge is 2.06. The fourth-order valence-electron chi connectivity index (χ4n) is 1.30. The van der Waals surface area contributed by atoms with E-state index in [9.17, 15) is 13.2 Å². The van der Waals surface area contributed by atoms with Gasteiger partial charge in [0.15, 0.2) is 6.61 Å². The first kappa shape index (κ1) is 15.3. The molecule has 0 fully saturated rings. The Hall–Kier alpha value is -1.76. The van der Waals surface area contributed by atoms with Crippen LogP contribution in [0.5, 0.6) is 5.75 Å². The molecule has 7 heteroatoms. The third-order valence-corrected chi connectivity index (χ3v) is 3.17. The van der Waals surface area contributed by atoms with E-state index in [2.05, 4.69) is 0 Å². The predicted molar refractivity (Wildman–Crippen MR) is 71.6 cm³/mol. The number of rotatable bonds is 7. The smallest absolute Gasteiger partial charge is 0.344 e. The molecule has 19 heavy (non-hydrogen) atoms. The highest BCUT2D eigenvalue weighted by molar-refractivity contribution is 7.90. The lowest BCUT2D eigenvalue weighted by atomic mass is 10.3. The Morgan fingerprint density at radius 1 is 1.37 bits per heavy atom. The first-order valence-electron chi connectivity index (χ1n) is 5.68. The maximum absolute atomic E-state index is 11.3. The number of nitrogen functional groups attached to an aromatic ring is 1. The average Bonchev–Trinajstić information content (AvgIpc) is 2.31. The van der Waals surface area contributed by atoms with Gasteiger partial charge in [-0.1, -0.05) is 6.07 Å². The number of benzene rings is 1. The van der Waals surface area contributed by atoms with E-state index in [0.717, 1.165) is 6.26 Å². The van der Waals surface area contributed by atoms with Crippen molar-refractivity contribution in [3.05, 3.63) is 24.3 Å². The van der Waals surface area contributed by atoms with Gasteiger partial charge in [-0.3, -0.25) is 0 Å². The molecule has 6 nitrogen and oxygen atoms in total. The number of sulfone groups is 1. The molecule has 2 N–H and O–H groups in total. The minimum Gasteiger partial charge on any atom is -0.482 e. The maximum Gasteiger partial charge on any atom is 0.344 e. The van der Waals surface area contributed by atoms with Crippen LogP contribution in [0.1, 0.15) is 6.42 Å². The van der Waals surface area contributed by atoms with Crippen LogP contribution >= 0.6 is 0 Å². The van der Waals surface area contributed by atoms with Crippen molar-refractivity contribution >= 4 is 21.5 Å². The zero-order valence-corrected chi connectivity index (χ0v) is 11.5. The summed E-state index contributed by atoms with van der Waals surface area (Å²) in [5.74, 6) is -0.0693. The largest absolute Gasteiger partial charge is 0.482 e. The standard InChI is InChI=1S/C12H17NO5S/c1-19(15,16)7-3-6-17-12(14)9-18-11-5-2-4-10(13)8-11/h2,4-5,8H,3,6-7,9,13H2,1H3. The van der Waals surface area contributed by atoms with Crippen molar-refractivity contribution in [2.45, 2.75) is 6.42 Å². The van der Waals surface area contributed by atoms with Crippen molar-refractivity contribution in [1.82, 2.24) is 0 Å². The lowest BCUT2D eigenvalue weighted by molar-refractivity contribution is -0.146. The number of carbonyl (C=O) groups excluding carboxylic acids is 1. The number of hydrogen-bond donors (Lipinski definition) is 1. The Morgan fingerprint density at radius 3 is 2.74 bits per heavy atom. The van der Waals surface area contributed by atoms with Crippen molar-refractivity contribution in [3.63, 3.8) is 0 Å². The quantitative estimate of drug-likeness (QED) is 0.449. The minimum atomic E-state index is -3.02. The predicted octanol–water partition coefficient (Wildman–Crippen LogP) is 0.625. The summed E-state index contributed by atoms with van der Waals surface area (Å²) in [6.45, 7) is -0.172. The van der Waals surface area contributed by atoms with E-state index in [0.29, 0.717) is 11.4 Å². The Kier molecular flexibility index (Phi) is 5.62. The molecule has 0 aliphatic rings.